The molecule has 1 spiro atoms. The van der Waals surface area contributed by atoms with Crippen LogP contribution in [-0.4, -0.2) is 51.9 Å². The first-order chi connectivity index (χ1) is 12.5. The van der Waals surface area contributed by atoms with Gasteiger partial charge in [0.1, 0.15) is 0 Å². The van der Waals surface area contributed by atoms with Gasteiger partial charge in [0, 0.05) is 36.9 Å². The third-order valence-corrected chi connectivity index (χ3v) is 8.19. The van der Waals surface area contributed by atoms with Crippen LogP contribution in [0.4, 0.5) is 0 Å². The number of thioether (sulfide) groups is 1. The van der Waals surface area contributed by atoms with Gasteiger partial charge in [0.25, 0.3) is 5.91 Å². The molecule has 1 aromatic carbocycles. The second-order valence-electron chi connectivity index (χ2n) is 7.33. The lowest BCUT2D eigenvalue weighted by Gasteiger charge is -2.45. The van der Waals surface area contributed by atoms with Gasteiger partial charge in [-0.05, 0) is 43.9 Å². The summed E-state index contributed by atoms with van der Waals surface area (Å²) in [5.74, 6) is 1.50. The average Bonchev–Trinajstić information content (AvgIpc) is 2.99. The zero-order valence-corrected chi connectivity index (χ0v) is 16.9. The van der Waals surface area contributed by atoms with Crippen molar-refractivity contribution >= 4 is 46.8 Å². The third kappa shape index (κ3) is 3.23. The largest absolute Gasteiger partial charge is 0.342 e. The maximum absolute atomic E-state index is 13.1. The van der Waals surface area contributed by atoms with E-state index in [1.165, 1.54) is 6.42 Å². The van der Waals surface area contributed by atoms with E-state index in [9.17, 15) is 9.59 Å². The lowest BCUT2D eigenvalue weighted by atomic mass is 9.84. The van der Waals surface area contributed by atoms with Crippen molar-refractivity contribution in [3.05, 3.63) is 33.8 Å². The average molecular weight is 413 g/mol. The summed E-state index contributed by atoms with van der Waals surface area (Å²) < 4.78 is 0. The second-order valence-corrected chi connectivity index (χ2v) is 9.60. The summed E-state index contributed by atoms with van der Waals surface area (Å²) >= 11 is 13.9. The fraction of sp³-hybridized carbons (Fsp3) is 0.579. The van der Waals surface area contributed by atoms with Gasteiger partial charge in [-0.1, -0.05) is 29.6 Å². The molecule has 0 aromatic heterocycles. The first-order valence-corrected chi connectivity index (χ1v) is 10.9. The smallest absolute Gasteiger partial charge is 0.255 e. The summed E-state index contributed by atoms with van der Waals surface area (Å²) in [6.07, 6.45) is 4.93. The van der Waals surface area contributed by atoms with Crippen molar-refractivity contribution in [3.63, 3.8) is 0 Å². The quantitative estimate of drug-likeness (QED) is 0.726. The van der Waals surface area contributed by atoms with Crippen LogP contribution >= 0.6 is 35.0 Å². The van der Waals surface area contributed by atoms with E-state index in [1.807, 2.05) is 21.6 Å². The van der Waals surface area contributed by atoms with Crippen LogP contribution in [0.5, 0.6) is 0 Å². The summed E-state index contributed by atoms with van der Waals surface area (Å²) in [4.78, 5) is 29.4. The molecular weight excluding hydrogens is 391 g/mol. The molecule has 1 saturated carbocycles. The van der Waals surface area contributed by atoms with Crippen LogP contribution in [0.3, 0.4) is 0 Å². The van der Waals surface area contributed by atoms with Crippen molar-refractivity contribution < 1.29 is 9.59 Å². The van der Waals surface area contributed by atoms with Crippen LogP contribution in [0.25, 0.3) is 0 Å². The Morgan fingerprint density at radius 1 is 1.08 bits per heavy atom. The second kappa shape index (κ2) is 7.25. The number of hydrogen-bond acceptors (Lipinski definition) is 3. The van der Waals surface area contributed by atoms with Gasteiger partial charge in [0.15, 0.2) is 0 Å². The van der Waals surface area contributed by atoms with Crippen molar-refractivity contribution in [3.8, 4) is 0 Å². The molecule has 26 heavy (non-hydrogen) atoms. The molecule has 3 aliphatic rings. The van der Waals surface area contributed by atoms with Gasteiger partial charge < -0.3 is 9.80 Å². The lowest BCUT2D eigenvalue weighted by molar-refractivity contribution is -0.139. The molecule has 4 nitrogen and oxygen atoms in total. The van der Waals surface area contributed by atoms with E-state index in [2.05, 4.69) is 0 Å². The Labute approximate surface area is 168 Å². The summed E-state index contributed by atoms with van der Waals surface area (Å²) in [5.41, 5.74) is 0.578. The molecule has 4 rings (SSSR count). The molecule has 0 bridgehead atoms. The first kappa shape index (κ1) is 18.5. The maximum Gasteiger partial charge on any atom is 0.255 e. The van der Waals surface area contributed by atoms with Crippen molar-refractivity contribution in [1.29, 1.82) is 0 Å². The number of benzene rings is 1. The van der Waals surface area contributed by atoms with Gasteiger partial charge in [-0.2, -0.15) is 0 Å². The Balaban J connectivity index is 1.47. The highest BCUT2D eigenvalue weighted by Crippen LogP contribution is 2.45. The van der Waals surface area contributed by atoms with Crippen LogP contribution < -0.4 is 0 Å². The van der Waals surface area contributed by atoms with Crippen LogP contribution in [0.2, 0.25) is 10.0 Å². The molecule has 3 fully saturated rings. The predicted octanol–water partition coefficient (Wildman–Crippen LogP) is 4.30. The van der Waals surface area contributed by atoms with Crippen LogP contribution in [0.1, 0.15) is 42.5 Å². The zero-order chi connectivity index (χ0) is 18.3. The molecule has 2 heterocycles. The fourth-order valence-electron chi connectivity index (χ4n) is 4.08. The molecule has 2 saturated heterocycles. The van der Waals surface area contributed by atoms with Gasteiger partial charge in [0.2, 0.25) is 5.91 Å². The Hall–Kier alpha value is -0.910. The molecule has 0 radical (unpaired) electrons. The van der Waals surface area contributed by atoms with Crippen molar-refractivity contribution in [2.75, 3.05) is 25.4 Å². The SMILES string of the molecule is O=C(C1CCC1)N1CCC2(CC1)SCCN2C(=O)c1ccc(Cl)c(Cl)c1. The standard InChI is InChI=1S/C19H22Cl2N2O2S/c20-15-5-4-14(12-16(15)21)18(25)23-10-11-26-19(23)6-8-22(9-7-19)17(24)13-2-1-3-13/h4-5,12-13H,1-3,6-11H2. The maximum atomic E-state index is 13.1. The zero-order valence-electron chi connectivity index (χ0n) is 14.5. The van der Waals surface area contributed by atoms with Crippen LogP contribution in [0.15, 0.2) is 18.2 Å². The summed E-state index contributed by atoms with van der Waals surface area (Å²) in [6, 6.07) is 5.06. The molecule has 2 aliphatic heterocycles. The molecule has 140 valence electrons. The Morgan fingerprint density at radius 2 is 1.81 bits per heavy atom. The molecule has 1 aliphatic carbocycles. The van der Waals surface area contributed by atoms with E-state index in [1.54, 1.807) is 18.2 Å². The topological polar surface area (TPSA) is 40.6 Å². The molecular formula is C19H22Cl2N2O2S. The van der Waals surface area contributed by atoms with E-state index in [0.717, 1.165) is 51.1 Å². The molecule has 0 unspecified atom stereocenters. The van der Waals surface area contributed by atoms with Gasteiger partial charge >= 0.3 is 0 Å². The number of amides is 2. The van der Waals surface area contributed by atoms with E-state index in [0.29, 0.717) is 21.5 Å². The number of piperidine rings is 1. The summed E-state index contributed by atoms with van der Waals surface area (Å²) in [7, 11) is 0. The first-order valence-electron chi connectivity index (χ1n) is 9.20. The van der Waals surface area contributed by atoms with E-state index < -0.39 is 0 Å². The highest BCUT2D eigenvalue weighted by Gasteiger charge is 2.47. The molecule has 2 amide bonds. The number of rotatable bonds is 2. The van der Waals surface area contributed by atoms with E-state index in [-0.39, 0.29) is 16.7 Å². The Bertz CT molecular complexity index is 730. The summed E-state index contributed by atoms with van der Waals surface area (Å²) in [5, 5.41) is 0.857. The van der Waals surface area contributed by atoms with Gasteiger partial charge in [-0.3, -0.25) is 9.59 Å². The molecule has 0 N–H and O–H groups in total. The fourth-order valence-corrected chi connectivity index (χ4v) is 5.84. The number of carbonyl (C=O) groups is 2. The predicted molar refractivity (Wildman–Crippen MR) is 106 cm³/mol. The van der Waals surface area contributed by atoms with Gasteiger partial charge in [-0.25, -0.2) is 0 Å². The Morgan fingerprint density at radius 3 is 2.42 bits per heavy atom. The normalized spacial score (nSPS) is 22.5. The number of nitrogens with zero attached hydrogens (tertiary/aromatic N) is 2. The lowest BCUT2D eigenvalue weighted by Crippen LogP contribution is -2.54. The number of likely N-dealkylation sites (tertiary alicyclic amines) is 1. The summed E-state index contributed by atoms with van der Waals surface area (Å²) in [6.45, 7) is 2.22. The van der Waals surface area contributed by atoms with Crippen molar-refractivity contribution in [2.45, 2.75) is 37.0 Å². The third-order valence-electron chi connectivity index (χ3n) is 5.90. The van der Waals surface area contributed by atoms with Gasteiger partial charge in [-0.15, -0.1) is 11.8 Å². The number of hydrogen-bond donors (Lipinski definition) is 0. The molecule has 1 aromatic rings. The highest BCUT2D eigenvalue weighted by atomic mass is 35.5. The van der Waals surface area contributed by atoms with E-state index in [4.69, 9.17) is 23.2 Å². The van der Waals surface area contributed by atoms with E-state index >= 15 is 0 Å². The number of halogens is 2. The monoisotopic (exact) mass is 412 g/mol. The molecule has 7 heteroatoms. The highest BCUT2D eigenvalue weighted by molar-refractivity contribution is 8.00. The Kier molecular flexibility index (Phi) is 5.15. The minimum Gasteiger partial charge on any atom is -0.342 e. The van der Waals surface area contributed by atoms with Crippen molar-refractivity contribution in [1.82, 2.24) is 9.80 Å². The van der Waals surface area contributed by atoms with Gasteiger partial charge in [0.05, 0.1) is 14.9 Å². The molecule has 0 atom stereocenters. The minimum atomic E-state index is -0.195. The van der Waals surface area contributed by atoms with Crippen LogP contribution in [0, 0.1) is 5.92 Å². The number of carbonyl (C=O) groups excluding carboxylic acids is 2. The minimum absolute atomic E-state index is 0.00679. The van der Waals surface area contributed by atoms with Crippen LogP contribution in [-0.2, 0) is 4.79 Å². The van der Waals surface area contributed by atoms with Crippen molar-refractivity contribution in [2.24, 2.45) is 5.92 Å².